The van der Waals surface area contributed by atoms with E-state index in [-0.39, 0.29) is 11.1 Å². The molecule has 4 nitrogen and oxygen atoms in total. The van der Waals surface area contributed by atoms with E-state index in [0.29, 0.717) is 5.69 Å². The lowest BCUT2D eigenvalue weighted by Crippen LogP contribution is -2.56. The highest BCUT2D eigenvalue weighted by Gasteiger charge is 2.40. The third-order valence-electron chi connectivity index (χ3n) is 4.39. The molecule has 0 heterocycles. The number of carboxylic acids is 1. The van der Waals surface area contributed by atoms with Gasteiger partial charge in [0.2, 0.25) is 0 Å². The molecule has 0 aliphatic heterocycles. The summed E-state index contributed by atoms with van der Waals surface area (Å²) in [6, 6.07) is 4.28. The van der Waals surface area contributed by atoms with Crippen molar-refractivity contribution < 1.29 is 14.3 Å². The van der Waals surface area contributed by atoms with Crippen molar-refractivity contribution in [1.82, 2.24) is 4.90 Å². The summed E-state index contributed by atoms with van der Waals surface area (Å²) in [5, 5.41) is 8.84. The molecule has 5 heteroatoms. The fourth-order valence-electron chi connectivity index (χ4n) is 2.78. The van der Waals surface area contributed by atoms with Crippen LogP contribution in [0.2, 0.25) is 0 Å². The fourth-order valence-corrected chi connectivity index (χ4v) is 2.78. The molecule has 1 aliphatic rings. The number of halogens is 1. The molecule has 2 rings (SSSR count). The van der Waals surface area contributed by atoms with Crippen LogP contribution in [-0.4, -0.2) is 49.2 Å². The summed E-state index contributed by atoms with van der Waals surface area (Å²) in [4.78, 5) is 15.0. The Labute approximate surface area is 118 Å². The Morgan fingerprint density at radius 2 is 2.00 bits per heavy atom. The number of rotatable bonds is 5. The Morgan fingerprint density at radius 1 is 1.35 bits per heavy atom. The predicted octanol–water partition coefficient (Wildman–Crippen LogP) is 2.44. The maximum atomic E-state index is 13.7. The number of carbonyl (C=O) groups is 1. The Morgan fingerprint density at radius 3 is 2.40 bits per heavy atom. The second kappa shape index (κ2) is 5.40. The smallest absolute Gasteiger partial charge is 0.338 e. The van der Waals surface area contributed by atoms with Gasteiger partial charge >= 0.3 is 5.97 Å². The monoisotopic (exact) mass is 280 g/mol. The van der Waals surface area contributed by atoms with Crippen LogP contribution in [-0.2, 0) is 0 Å². The van der Waals surface area contributed by atoms with E-state index in [1.165, 1.54) is 18.6 Å². The summed E-state index contributed by atoms with van der Waals surface area (Å²) in [6.45, 7) is 0.811. The summed E-state index contributed by atoms with van der Waals surface area (Å²) in [6.07, 6.45) is 3.50. The van der Waals surface area contributed by atoms with Crippen molar-refractivity contribution in [2.24, 2.45) is 0 Å². The Balaban J connectivity index is 2.15. The predicted molar refractivity (Wildman–Crippen MR) is 76.9 cm³/mol. The third kappa shape index (κ3) is 2.63. The summed E-state index contributed by atoms with van der Waals surface area (Å²) >= 11 is 0. The summed E-state index contributed by atoms with van der Waals surface area (Å²) in [7, 11) is 6.06. The second-order valence-electron chi connectivity index (χ2n) is 5.80. The van der Waals surface area contributed by atoms with Gasteiger partial charge in [-0.1, -0.05) is 0 Å². The highest BCUT2D eigenvalue weighted by atomic mass is 19.1. The molecule has 1 N–H and O–H groups in total. The van der Waals surface area contributed by atoms with Crippen LogP contribution >= 0.6 is 0 Å². The fraction of sp³-hybridized carbons (Fsp3) is 0.533. The van der Waals surface area contributed by atoms with Crippen LogP contribution in [0.4, 0.5) is 10.1 Å². The number of likely N-dealkylation sites (N-methyl/N-ethyl adjacent to an activating group) is 2. The van der Waals surface area contributed by atoms with E-state index in [1.54, 1.807) is 6.07 Å². The molecule has 0 spiro atoms. The van der Waals surface area contributed by atoms with E-state index < -0.39 is 11.8 Å². The Kier molecular flexibility index (Phi) is 3.99. The van der Waals surface area contributed by atoms with Crippen LogP contribution in [0.15, 0.2) is 18.2 Å². The third-order valence-corrected chi connectivity index (χ3v) is 4.39. The zero-order chi connectivity index (χ0) is 14.9. The number of anilines is 1. The Bertz CT molecular complexity index is 513. The summed E-state index contributed by atoms with van der Waals surface area (Å²) < 4.78 is 13.7. The SMILES string of the molecule is CN(CC1(N(C)C)CCC1)c1ccc(C(=O)O)c(F)c1. The number of benzene rings is 1. The topological polar surface area (TPSA) is 43.8 Å². The molecule has 0 atom stereocenters. The van der Waals surface area contributed by atoms with Crippen molar-refractivity contribution >= 4 is 11.7 Å². The van der Waals surface area contributed by atoms with Crippen molar-refractivity contribution in [3.63, 3.8) is 0 Å². The van der Waals surface area contributed by atoms with E-state index >= 15 is 0 Å². The van der Waals surface area contributed by atoms with E-state index in [2.05, 4.69) is 19.0 Å². The molecule has 0 amide bonds. The molecule has 110 valence electrons. The minimum absolute atomic E-state index is 0.149. The lowest BCUT2D eigenvalue weighted by molar-refractivity contribution is 0.0681. The molecule has 20 heavy (non-hydrogen) atoms. The quantitative estimate of drug-likeness (QED) is 0.899. The van der Waals surface area contributed by atoms with Gasteiger partial charge < -0.3 is 14.9 Å². The first-order chi connectivity index (χ1) is 9.35. The molecule has 0 unspecified atom stereocenters. The standard InChI is InChI=1S/C15H21FN2O2/c1-17(2)15(7-4-8-15)10-18(3)11-5-6-12(14(19)20)13(16)9-11/h5-6,9H,4,7-8,10H2,1-3H3,(H,19,20). The van der Waals surface area contributed by atoms with E-state index in [4.69, 9.17) is 5.11 Å². The van der Waals surface area contributed by atoms with Crippen molar-refractivity contribution in [3.8, 4) is 0 Å². The van der Waals surface area contributed by atoms with Crippen LogP contribution in [0.3, 0.4) is 0 Å². The molecular weight excluding hydrogens is 259 g/mol. The van der Waals surface area contributed by atoms with Crippen molar-refractivity contribution in [2.75, 3.05) is 32.6 Å². The van der Waals surface area contributed by atoms with Gasteiger partial charge in [-0.15, -0.1) is 0 Å². The van der Waals surface area contributed by atoms with E-state index in [1.807, 2.05) is 11.9 Å². The number of hydrogen-bond donors (Lipinski definition) is 1. The molecule has 1 aromatic rings. The minimum Gasteiger partial charge on any atom is -0.478 e. The zero-order valence-corrected chi connectivity index (χ0v) is 12.2. The first kappa shape index (κ1) is 14.8. The molecule has 1 aromatic carbocycles. The highest BCUT2D eigenvalue weighted by molar-refractivity contribution is 5.88. The van der Waals surface area contributed by atoms with Crippen LogP contribution < -0.4 is 4.90 Å². The number of hydrogen-bond acceptors (Lipinski definition) is 3. The Hall–Kier alpha value is -1.62. The van der Waals surface area contributed by atoms with Gasteiger partial charge in [-0.05, 0) is 51.6 Å². The first-order valence-corrected chi connectivity index (χ1v) is 6.77. The molecule has 0 saturated heterocycles. The zero-order valence-electron chi connectivity index (χ0n) is 12.2. The maximum absolute atomic E-state index is 13.7. The maximum Gasteiger partial charge on any atom is 0.338 e. The van der Waals surface area contributed by atoms with E-state index in [0.717, 1.165) is 19.4 Å². The molecule has 0 aromatic heterocycles. The second-order valence-corrected chi connectivity index (χ2v) is 5.80. The molecule has 1 aliphatic carbocycles. The molecule has 1 fully saturated rings. The molecule has 0 radical (unpaired) electrons. The van der Waals surface area contributed by atoms with Gasteiger partial charge in [-0.25, -0.2) is 9.18 Å². The molecule has 1 saturated carbocycles. The normalized spacial score (nSPS) is 16.9. The van der Waals surface area contributed by atoms with E-state index in [9.17, 15) is 9.18 Å². The van der Waals surface area contributed by atoms with Crippen molar-refractivity contribution in [3.05, 3.63) is 29.6 Å². The number of nitrogens with zero attached hydrogens (tertiary/aromatic N) is 2. The van der Waals surface area contributed by atoms with Gasteiger partial charge in [0.15, 0.2) is 0 Å². The lowest BCUT2D eigenvalue weighted by Gasteiger charge is -2.49. The number of carboxylic acid groups (broad SMARTS) is 1. The van der Waals surface area contributed by atoms with Gasteiger partial charge in [0.1, 0.15) is 5.82 Å². The van der Waals surface area contributed by atoms with Gasteiger partial charge in [-0.2, -0.15) is 0 Å². The van der Waals surface area contributed by atoms with Crippen LogP contribution in [0.5, 0.6) is 0 Å². The summed E-state index contributed by atoms with van der Waals surface area (Å²) in [5.74, 6) is -1.92. The van der Waals surface area contributed by atoms with Gasteiger partial charge in [0, 0.05) is 24.8 Å². The average Bonchev–Trinajstić information content (AvgIpc) is 2.32. The molecular formula is C15H21FN2O2. The summed E-state index contributed by atoms with van der Waals surface area (Å²) in [5.41, 5.74) is 0.574. The van der Waals surface area contributed by atoms with Crippen molar-refractivity contribution in [1.29, 1.82) is 0 Å². The van der Waals surface area contributed by atoms with Crippen LogP contribution in [0, 0.1) is 5.82 Å². The first-order valence-electron chi connectivity index (χ1n) is 6.77. The van der Waals surface area contributed by atoms with Crippen LogP contribution in [0.25, 0.3) is 0 Å². The minimum atomic E-state index is -1.24. The van der Waals surface area contributed by atoms with Crippen molar-refractivity contribution in [2.45, 2.75) is 24.8 Å². The molecule has 0 bridgehead atoms. The van der Waals surface area contributed by atoms with Gasteiger partial charge in [-0.3, -0.25) is 0 Å². The van der Waals surface area contributed by atoms with Gasteiger partial charge in [0.25, 0.3) is 0 Å². The highest BCUT2D eigenvalue weighted by Crippen LogP contribution is 2.37. The number of aromatic carboxylic acids is 1. The lowest BCUT2D eigenvalue weighted by atomic mass is 9.75. The van der Waals surface area contributed by atoms with Crippen LogP contribution in [0.1, 0.15) is 29.6 Å². The average molecular weight is 280 g/mol. The largest absolute Gasteiger partial charge is 0.478 e. The van der Waals surface area contributed by atoms with Gasteiger partial charge in [0.05, 0.1) is 5.56 Å².